The molecule has 2 heteroatoms. The highest BCUT2D eigenvalue weighted by Gasteiger charge is 2.55. The molecule has 0 saturated heterocycles. The molecule has 4 aromatic carbocycles. The van der Waals surface area contributed by atoms with Crippen molar-refractivity contribution in [1.29, 1.82) is 0 Å². The van der Waals surface area contributed by atoms with Crippen molar-refractivity contribution in [2.75, 3.05) is 0 Å². The number of hydrogen-bond donors (Lipinski definition) is 1. The van der Waals surface area contributed by atoms with Gasteiger partial charge in [-0.15, -0.1) is 0 Å². The minimum atomic E-state index is -1.48. The van der Waals surface area contributed by atoms with Gasteiger partial charge >= 0.3 is 0 Å². The Morgan fingerprint density at radius 2 is 1.18 bits per heavy atom. The number of allylic oxidation sites excluding steroid dienone is 1. The second-order valence-corrected chi connectivity index (χ2v) is 9.35. The summed E-state index contributed by atoms with van der Waals surface area (Å²) in [6.45, 7) is 2.12. The van der Waals surface area contributed by atoms with Crippen molar-refractivity contribution in [1.82, 2.24) is 0 Å². The number of carbonyl (C=O) groups excluding carboxylic acids is 1. The first kappa shape index (κ1) is 22.1. The summed E-state index contributed by atoms with van der Waals surface area (Å²) in [6.07, 6.45) is 2.56. The number of rotatable bonds is 5. The lowest BCUT2D eigenvalue weighted by atomic mass is 9.54. The van der Waals surface area contributed by atoms with Crippen molar-refractivity contribution in [2.45, 2.75) is 24.4 Å². The molecule has 0 fully saturated rings. The lowest BCUT2D eigenvalue weighted by Crippen LogP contribution is -2.53. The molecule has 168 valence electrons. The minimum absolute atomic E-state index is 0.0540. The normalized spacial score (nSPS) is 24.3. The second-order valence-electron chi connectivity index (χ2n) is 9.35. The Labute approximate surface area is 201 Å². The maximum atomic E-state index is 14.2. The quantitative estimate of drug-likeness (QED) is 0.343. The average Bonchev–Trinajstić information content (AvgIpc) is 2.90. The molecule has 3 atom stereocenters. The van der Waals surface area contributed by atoms with Crippen LogP contribution in [-0.2, 0) is 11.0 Å². The van der Waals surface area contributed by atoms with Gasteiger partial charge < -0.3 is 5.11 Å². The number of benzene rings is 4. The fourth-order valence-corrected chi connectivity index (χ4v) is 5.52. The topological polar surface area (TPSA) is 37.3 Å². The first-order valence-corrected chi connectivity index (χ1v) is 11.7. The lowest BCUT2D eigenvalue weighted by molar-refractivity contribution is -0.00846. The Morgan fingerprint density at radius 3 is 1.74 bits per heavy atom. The molecule has 0 bridgehead atoms. The van der Waals surface area contributed by atoms with Gasteiger partial charge in [0.05, 0.1) is 5.92 Å². The zero-order valence-corrected chi connectivity index (χ0v) is 19.3. The second kappa shape index (κ2) is 8.89. The van der Waals surface area contributed by atoms with Crippen LogP contribution < -0.4 is 0 Å². The summed E-state index contributed by atoms with van der Waals surface area (Å²) in [4.78, 5) is 14.2. The summed E-state index contributed by atoms with van der Waals surface area (Å²) >= 11 is 0. The van der Waals surface area contributed by atoms with Crippen LogP contribution in [-0.4, -0.2) is 10.9 Å². The molecule has 2 nitrogen and oxygen atoms in total. The highest BCUT2D eigenvalue weighted by Crippen LogP contribution is 2.54. The van der Waals surface area contributed by atoms with E-state index in [1.807, 2.05) is 103 Å². The Bertz CT molecular complexity index is 1300. The molecule has 1 aliphatic carbocycles. The maximum absolute atomic E-state index is 14.2. The molecule has 0 saturated carbocycles. The molecular weight excluding hydrogens is 416 g/mol. The van der Waals surface area contributed by atoms with Crippen LogP contribution in [0, 0.1) is 5.92 Å². The Balaban J connectivity index is 1.80. The van der Waals surface area contributed by atoms with E-state index in [-0.39, 0.29) is 5.78 Å². The third-order valence-corrected chi connectivity index (χ3v) is 7.16. The van der Waals surface area contributed by atoms with E-state index in [2.05, 4.69) is 31.2 Å². The fourth-order valence-electron chi connectivity index (χ4n) is 5.52. The minimum Gasteiger partial charge on any atom is -0.380 e. The van der Waals surface area contributed by atoms with E-state index in [0.29, 0.717) is 12.0 Å². The number of carbonyl (C=O) groups is 1. The van der Waals surface area contributed by atoms with Gasteiger partial charge in [0, 0.05) is 11.0 Å². The van der Waals surface area contributed by atoms with Crippen LogP contribution in [0.15, 0.2) is 127 Å². The van der Waals surface area contributed by atoms with Crippen LogP contribution in [0.5, 0.6) is 0 Å². The van der Waals surface area contributed by atoms with Crippen LogP contribution in [0.25, 0.3) is 5.57 Å². The SMILES string of the molecule is C[C@@]1(c2ccccc2)CC(c2ccccc2)=C[C@@](O)(c2ccccc2)[C@@H]1C(=O)c1ccccc1. The van der Waals surface area contributed by atoms with Crippen LogP contribution in [0.1, 0.15) is 40.4 Å². The van der Waals surface area contributed by atoms with E-state index < -0.39 is 16.9 Å². The number of hydrogen-bond acceptors (Lipinski definition) is 2. The summed E-state index contributed by atoms with van der Waals surface area (Å²) < 4.78 is 0. The van der Waals surface area contributed by atoms with Crippen molar-refractivity contribution in [3.05, 3.63) is 150 Å². The molecule has 0 unspecified atom stereocenters. The zero-order valence-electron chi connectivity index (χ0n) is 19.3. The van der Waals surface area contributed by atoms with Gasteiger partial charge in [0.25, 0.3) is 0 Å². The fraction of sp³-hybridized carbons (Fsp3) is 0.156. The zero-order chi connectivity index (χ0) is 23.6. The molecule has 0 heterocycles. The molecule has 1 aliphatic rings. The van der Waals surface area contributed by atoms with Crippen molar-refractivity contribution in [3.63, 3.8) is 0 Å². The summed E-state index contributed by atoms with van der Waals surface area (Å²) in [5.74, 6) is -0.763. The Hall–Kier alpha value is -3.75. The van der Waals surface area contributed by atoms with Gasteiger partial charge in [0.2, 0.25) is 0 Å². The predicted molar refractivity (Wildman–Crippen MR) is 137 cm³/mol. The molecule has 0 radical (unpaired) electrons. The third kappa shape index (κ3) is 3.81. The molecule has 0 spiro atoms. The average molecular weight is 445 g/mol. The predicted octanol–water partition coefficient (Wildman–Crippen LogP) is 6.82. The number of Topliss-reactive ketones (excluding diaryl/α,β-unsaturated/α-hetero) is 1. The molecule has 4 aromatic rings. The van der Waals surface area contributed by atoms with Gasteiger partial charge in [-0.1, -0.05) is 128 Å². The highest BCUT2D eigenvalue weighted by atomic mass is 16.3. The number of ketones is 1. The van der Waals surface area contributed by atoms with Gasteiger partial charge in [-0.2, -0.15) is 0 Å². The smallest absolute Gasteiger partial charge is 0.170 e. The van der Waals surface area contributed by atoms with Crippen LogP contribution in [0.2, 0.25) is 0 Å². The molecule has 0 aromatic heterocycles. The Morgan fingerprint density at radius 1 is 0.706 bits per heavy atom. The van der Waals surface area contributed by atoms with Gasteiger partial charge in [-0.3, -0.25) is 4.79 Å². The van der Waals surface area contributed by atoms with Crippen LogP contribution in [0.4, 0.5) is 0 Å². The first-order valence-electron chi connectivity index (χ1n) is 11.7. The lowest BCUT2D eigenvalue weighted by Gasteiger charge is -2.49. The summed E-state index contributed by atoms with van der Waals surface area (Å²) in [6, 6.07) is 39.3. The molecule has 0 aliphatic heterocycles. The maximum Gasteiger partial charge on any atom is 0.170 e. The van der Waals surface area contributed by atoms with E-state index in [1.54, 1.807) is 0 Å². The van der Waals surface area contributed by atoms with E-state index >= 15 is 0 Å². The molecule has 34 heavy (non-hydrogen) atoms. The van der Waals surface area contributed by atoms with Gasteiger partial charge in [0.15, 0.2) is 5.78 Å². The molecule has 5 rings (SSSR count). The van der Waals surface area contributed by atoms with E-state index in [1.165, 1.54) is 0 Å². The number of aliphatic hydroxyl groups is 1. The van der Waals surface area contributed by atoms with Gasteiger partial charge in [-0.05, 0) is 34.8 Å². The van der Waals surface area contributed by atoms with Crippen molar-refractivity contribution in [3.8, 4) is 0 Å². The molecule has 1 N–H and O–H groups in total. The van der Waals surface area contributed by atoms with E-state index in [9.17, 15) is 9.90 Å². The van der Waals surface area contributed by atoms with Gasteiger partial charge in [-0.25, -0.2) is 0 Å². The summed E-state index contributed by atoms with van der Waals surface area (Å²) in [5, 5.41) is 12.6. The third-order valence-electron chi connectivity index (χ3n) is 7.16. The summed E-state index contributed by atoms with van der Waals surface area (Å²) in [5.41, 5.74) is 2.35. The Kier molecular flexibility index (Phi) is 5.77. The van der Waals surface area contributed by atoms with Crippen molar-refractivity contribution >= 4 is 11.4 Å². The molecular formula is C32H28O2. The largest absolute Gasteiger partial charge is 0.380 e. The molecule has 0 amide bonds. The standard InChI is InChI=1S/C32H28O2/c1-31(27-18-10-4-11-19-27)22-26(24-14-6-2-7-15-24)23-32(34,28-20-12-5-13-21-28)30(31)29(33)25-16-8-3-9-17-25/h2-21,23,30,34H,22H2,1H3/t30-,31+,32-/m1/s1. The van der Waals surface area contributed by atoms with Crippen LogP contribution in [0.3, 0.4) is 0 Å². The van der Waals surface area contributed by atoms with Gasteiger partial charge in [0.1, 0.15) is 5.60 Å². The van der Waals surface area contributed by atoms with Crippen molar-refractivity contribution < 1.29 is 9.90 Å². The van der Waals surface area contributed by atoms with E-state index in [4.69, 9.17) is 0 Å². The summed E-state index contributed by atoms with van der Waals surface area (Å²) in [7, 11) is 0. The first-order chi connectivity index (χ1) is 16.5. The van der Waals surface area contributed by atoms with Crippen molar-refractivity contribution in [2.24, 2.45) is 5.92 Å². The van der Waals surface area contributed by atoms with E-state index in [0.717, 1.165) is 22.3 Å². The monoisotopic (exact) mass is 444 g/mol. The highest BCUT2D eigenvalue weighted by molar-refractivity contribution is 6.01. The van der Waals surface area contributed by atoms with Crippen LogP contribution >= 0.6 is 0 Å².